The van der Waals surface area contributed by atoms with Crippen molar-refractivity contribution in [2.45, 2.75) is 0 Å². The summed E-state index contributed by atoms with van der Waals surface area (Å²) in [6, 6.07) is 13.7. The standard InChI is InChI=1S/C16H12N2O2/c1-2-4-13-12(3-1)10-17-16(18-13)11-5-6-14-15(9-11)20-8-7-19-14/h1-6,9-10H,7-8H2. The predicted molar refractivity (Wildman–Crippen MR) is 76.0 cm³/mol. The lowest BCUT2D eigenvalue weighted by Crippen LogP contribution is -2.15. The van der Waals surface area contributed by atoms with E-state index in [2.05, 4.69) is 9.97 Å². The van der Waals surface area contributed by atoms with Gasteiger partial charge in [0.1, 0.15) is 13.2 Å². The number of rotatable bonds is 1. The Balaban J connectivity index is 1.82. The van der Waals surface area contributed by atoms with E-state index in [4.69, 9.17) is 9.47 Å². The first-order valence-corrected chi connectivity index (χ1v) is 6.52. The van der Waals surface area contributed by atoms with Crippen LogP contribution in [0.5, 0.6) is 11.5 Å². The molecule has 0 bridgehead atoms. The van der Waals surface area contributed by atoms with Crippen LogP contribution in [0.4, 0.5) is 0 Å². The lowest BCUT2D eigenvalue weighted by Gasteiger charge is -2.18. The maximum Gasteiger partial charge on any atom is 0.162 e. The molecule has 98 valence electrons. The van der Waals surface area contributed by atoms with Crippen LogP contribution in [-0.4, -0.2) is 23.2 Å². The average molecular weight is 264 g/mol. The van der Waals surface area contributed by atoms with Crippen molar-refractivity contribution in [2.24, 2.45) is 0 Å². The predicted octanol–water partition coefficient (Wildman–Crippen LogP) is 3.07. The van der Waals surface area contributed by atoms with Crippen molar-refractivity contribution in [1.29, 1.82) is 0 Å². The Bertz CT molecular complexity index is 786. The van der Waals surface area contributed by atoms with E-state index in [1.165, 1.54) is 0 Å². The molecule has 0 aliphatic carbocycles. The number of fused-ring (bicyclic) bond motifs is 2. The van der Waals surface area contributed by atoms with Crippen LogP contribution >= 0.6 is 0 Å². The minimum Gasteiger partial charge on any atom is -0.486 e. The van der Waals surface area contributed by atoms with Gasteiger partial charge in [-0.1, -0.05) is 18.2 Å². The van der Waals surface area contributed by atoms with Crippen LogP contribution in [0.25, 0.3) is 22.3 Å². The van der Waals surface area contributed by atoms with Gasteiger partial charge in [-0.15, -0.1) is 0 Å². The monoisotopic (exact) mass is 264 g/mol. The molecule has 1 aliphatic heterocycles. The minimum atomic E-state index is 0.578. The number of hydrogen-bond donors (Lipinski definition) is 0. The fourth-order valence-corrected chi connectivity index (χ4v) is 2.29. The summed E-state index contributed by atoms with van der Waals surface area (Å²) in [6.45, 7) is 1.17. The van der Waals surface area contributed by atoms with Gasteiger partial charge in [-0.3, -0.25) is 0 Å². The van der Waals surface area contributed by atoms with Crippen molar-refractivity contribution in [3.8, 4) is 22.9 Å². The molecule has 0 atom stereocenters. The number of para-hydroxylation sites is 1. The molecule has 0 saturated heterocycles. The van der Waals surface area contributed by atoms with Crippen LogP contribution in [0.3, 0.4) is 0 Å². The maximum absolute atomic E-state index is 5.59. The average Bonchev–Trinajstić information content (AvgIpc) is 2.54. The smallest absolute Gasteiger partial charge is 0.162 e. The third-order valence-corrected chi connectivity index (χ3v) is 3.29. The highest BCUT2D eigenvalue weighted by Crippen LogP contribution is 2.33. The molecule has 0 unspecified atom stereocenters. The second kappa shape index (κ2) is 4.49. The summed E-state index contributed by atoms with van der Waals surface area (Å²) < 4.78 is 11.1. The number of hydrogen-bond acceptors (Lipinski definition) is 4. The molecule has 3 aromatic rings. The summed E-state index contributed by atoms with van der Waals surface area (Å²) >= 11 is 0. The fraction of sp³-hybridized carbons (Fsp3) is 0.125. The van der Waals surface area contributed by atoms with Crippen LogP contribution in [0.15, 0.2) is 48.7 Å². The van der Waals surface area contributed by atoms with Crippen LogP contribution in [0.2, 0.25) is 0 Å². The Hall–Kier alpha value is -2.62. The largest absolute Gasteiger partial charge is 0.486 e. The first-order valence-electron chi connectivity index (χ1n) is 6.52. The van der Waals surface area contributed by atoms with Gasteiger partial charge in [0.25, 0.3) is 0 Å². The second-order valence-electron chi connectivity index (χ2n) is 4.61. The Kier molecular flexibility index (Phi) is 2.52. The van der Waals surface area contributed by atoms with Crippen molar-refractivity contribution in [3.63, 3.8) is 0 Å². The van der Waals surface area contributed by atoms with Crippen molar-refractivity contribution < 1.29 is 9.47 Å². The molecule has 1 aromatic heterocycles. The quantitative estimate of drug-likeness (QED) is 0.677. The molecule has 0 amide bonds. The molecule has 4 heteroatoms. The Morgan fingerprint density at radius 3 is 2.70 bits per heavy atom. The van der Waals surface area contributed by atoms with Gasteiger partial charge in [0, 0.05) is 17.1 Å². The molecule has 0 radical (unpaired) electrons. The Morgan fingerprint density at radius 1 is 0.900 bits per heavy atom. The second-order valence-corrected chi connectivity index (χ2v) is 4.61. The van der Waals surface area contributed by atoms with Crippen molar-refractivity contribution in [1.82, 2.24) is 9.97 Å². The molecular weight excluding hydrogens is 252 g/mol. The molecule has 0 fully saturated rings. The molecule has 0 saturated carbocycles. The molecule has 4 nitrogen and oxygen atoms in total. The van der Waals surface area contributed by atoms with E-state index in [0.717, 1.165) is 28.0 Å². The van der Waals surface area contributed by atoms with Gasteiger partial charge in [-0.25, -0.2) is 9.97 Å². The van der Waals surface area contributed by atoms with E-state index >= 15 is 0 Å². The summed E-state index contributed by atoms with van der Waals surface area (Å²) in [4.78, 5) is 9.01. The molecule has 1 aliphatic rings. The van der Waals surface area contributed by atoms with Gasteiger partial charge in [0.2, 0.25) is 0 Å². The number of ether oxygens (including phenoxy) is 2. The third-order valence-electron chi connectivity index (χ3n) is 3.29. The van der Waals surface area contributed by atoms with Crippen LogP contribution in [0, 0.1) is 0 Å². The summed E-state index contributed by atoms with van der Waals surface area (Å²) in [5.74, 6) is 2.23. The van der Waals surface area contributed by atoms with Crippen LogP contribution in [0.1, 0.15) is 0 Å². The van der Waals surface area contributed by atoms with Gasteiger partial charge < -0.3 is 9.47 Å². The molecule has 0 N–H and O–H groups in total. The van der Waals surface area contributed by atoms with E-state index < -0.39 is 0 Å². The molecule has 0 spiro atoms. The number of nitrogens with zero attached hydrogens (tertiary/aromatic N) is 2. The molecular formula is C16H12N2O2. The lowest BCUT2D eigenvalue weighted by molar-refractivity contribution is 0.171. The molecule has 2 aromatic carbocycles. The highest BCUT2D eigenvalue weighted by Gasteiger charge is 2.13. The highest BCUT2D eigenvalue weighted by molar-refractivity contribution is 5.79. The van der Waals surface area contributed by atoms with E-state index in [1.807, 2.05) is 48.7 Å². The fourth-order valence-electron chi connectivity index (χ4n) is 2.29. The van der Waals surface area contributed by atoms with Gasteiger partial charge in [-0.2, -0.15) is 0 Å². The summed E-state index contributed by atoms with van der Waals surface area (Å²) in [7, 11) is 0. The normalized spacial score (nSPS) is 13.4. The van der Waals surface area contributed by atoms with E-state index in [-0.39, 0.29) is 0 Å². The van der Waals surface area contributed by atoms with Crippen molar-refractivity contribution in [2.75, 3.05) is 13.2 Å². The zero-order valence-electron chi connectivity index (χ0n) is 10.7. The van der Waals surface area contributed by atoms with Gasteiger partial charge >= 0.3 is 0 Å². The molecule has 4 rings (SSSR count). The van der Waals surface area contributed by atoms with Crippen LogP contribution in [-0.2, 0) is 0 Å². The first kappa shape index (κ1) is 11.2. The van der Waals surface area contributed by atoms with E-state index in [0.29, 0.717) is 19.0 Å². The Morgan fingerprint density at radius 2 is 1.75 bits per heavy atom. The van der Waals surface area contributed by atoms with Crippen molar-refractivity contribution >= 4 is 10.9 Å². The number of aromatic nitrogens is 2. The molecule has 20 heavy (non-hydrogen) atoms. The first-order chi connectivity index (χ1) is 9.90. The zero-order chi connectivity index (χ0) is 13.4. The van der Waals surface area contributed by atoms with E-state index in [9.17, 15) is 0 Å². The van der Waals surface area contributed by atoms with Gasteiger partial charge in [-0.05, 0) is 24.3 Å². The van der Waals surface area contributed by atoms with E-state index in [1.54, 1.807) is 0 Å². The SMILES string of the molecule is c1ccc2nc(-c3ccc4c(c3)OCCO4)ncc2c1. The zero-order valence-corrected chi connectivity index (χ0v) is 10.7. The topological polar surface area (TPSA) is 44.2 Å². The van der Waals surface area contributed by atoms with Crippen LogP contribution < -0.4 is 9.47 Å². The lowest BCUT2D eigenvalue weighted by atomic mass is 10.1. The van der Waals surface area contributed by atoms with Gasteiger partial charge in [0.05, 0.1) is 5.52 Å². The molecule has 2 heterocycles. The summed E-state index contributed by atoms with van der Waals surface area (Å²) in [5.41, 5.74) is 1.87. The Labute approximate surface area is 116 Å². The van der Waals surface area contributed by atoms with Crippen molar-refractivity contribution in [3.05, 3.63) is 48.7 Å². The third kappa shape index (κ3) is 1.86. The minimum absolute atomic E-state index is 0.578. The maximum atomic E-state index is 5.59. The number of benzene rings is 2. The van der Waals surface area contributed by atoms with Gasteiger partial charge in [0.15, 0.2) is 17.3 Å². The highest BCUT2D eigenvalue weighted by atomic mass is 16.6. The summed E-state index contributed by atoms with van der Waals surface area (Å²) in [5, 5.41) is 1.04. The summed E-state index contributed by atoms with van der Waals surface area (Å²) in [6.07, 6.45) is 1.84.